The lowest BCUT2D eigenvalue weighted by molar-refractivity contribution is 0.172. The highest BCUT2D eigenvalue weighted by Crippen LogP contribution is 2.22. The molecule has 1 unspecified atom stereocenters. The van der Waals surface area contributed by atoms with Crippen molar-refractivity contribution in [2.75, 3.05) is 27.2 Å². The van der Waals surface area contributed by atoms with Crippen molar-refractivity contribution in [3.63, 3.8) is 0 Å². The monoisotopic (exact) mass is 410 g/mol. The fraction of sp³-hybridized carbons (Fsp3) is 0.381. The Morgan fingerprint density at radius 2 is 1.68 bits per heavy atom. The van der Waals surface area contributed by atoms with Gasteiger partial charge in [0.25, 0.3) is 0 Å². The molecule has 2 aromatic carbocycles. The molecule has 2 rings (SSSR count). The first-order chi connectivity index (χ1) is 13.0. The van der Waals surface area contributed by atoms with E-state index in [-0.39, 0.29) is 24.3 Å². The number of hydrogen-bond acceptors (Lipinski definition) is 4. The molecule has 0 aliphatic rings. The molecule has 0 aromatic heterocycles. The van der Waals surface area contributed by atoms with Gasteiger partial charge >= 0.3 is 6.09 Å². The van der Waals surface area contributed by atoms with Gasteiger partial charge in [0.15, 0.2) is 0 Å². The van der Waals surface area contributed by atoms with E-state index < -0.39 is 6.09 Å². The van der Waals surface area contributed by atoms with Gasteiger partial charge in [0, 0.05) is 26.6 Å². The Labute approximate surface area is 172 Å². The summed E-state index contributed by atoms with van der Waals surface area (Å²) in [7, 11) is 3.28. The van der Waals surface area contributed by atoms with Crippen LogP contribution >= 0.6 is 12.4 Å². The Morgan fingerprint density at radius 1 is 1.07 bits per heavy atom. The minimum atomic E-state index is -0.406. The van der Waals surface area contributed by atoms with Crippen molar-refractivity contribution < 1.29 is 18.7 Å². The van der Waals surface area contributed by atoms with Crippen LogP contribution in [0.4, 0.5) is 9.18 Å². The highest BCUT2D eigenvalue weighted by atomic mass is 35.5. The molecular formula is C21H28ClFN2O3. The smallest absolute Gasteiger partial charge is 0.414 e. The summed E-state index contributed by atoms with van der Waals surface area (Å²) in [6.07, 6.45) is 1.37. The lowest BCUT2D eigenvalue weighted by atomic mass is 10.0. The second kappa shape index (κ2) is 12.2. The van der Waals surface area contributed by atoms with E-state index in [0.29, 0.717) is 18.1 Å². The van der Waals surface area contributed by atoms with Crippen LogP contribution < -0.4 is 14.8 Å². The molecule has 0 saturated carbocycles. The first kappa shape index (κ1) is 23.7. The molecule has 0 aliphatic carbocycles. The molecule has 1 N–H and O–H groups in total. The molecule has 2 aromatic rings. The number of ether oxygens (including phenoxy) is 2. The molecule has 7 heteroatoms. The zero-order valence-corrected chi connectivity index (χ0v) is 17.3. The molecule has 1 atom stereocenters. The first-order valence-electron chi connectivity index (χ1n) is 9.10. The van der Waals surface area contributed by atoms with E-state index in [1.165, 1.54) is 17.0 Å². The third-order valence-corrected chi connectivity index (χ3v) is 3.98. The van der Waals surface area contributed by atoms with Crippen LogP contribution in [0.25, 0.3) is 0 Å². The molecule has 0 bridgehead atoms. The van der Waals surface area contributed by atoms with Crippen molar-refractivity contribution >= 4 is 18.5 Å². The largest absolute Gasteiger partial charge is 0.494 e. The average molecular weight is 411 g/mol. The minimum absolute atomic E-state index is 0. The fourth-order valence-electron chi connectivity index (χ4n) is 2.49. The number of hydrogen-bond donors (Lipinski definition) is 1. The maximum atomic E-state index is 13.0. The summed E-state index contributed by atoms with van der Waals surface area (Å²) in [5.41, 5.74) is 1.09. The Hall–Kier alpha value is -2.31. The number of amides is 1. The van der Waals surface area contributed by atoms with Gasteiger partial charge in [-0.05, 0) is 54.9 Å². The van der Waals surface area contributed by atoms with Crippen LogP contribution in [-0.2, 0) is 0 Å². The molecule has 0 heterocycles. The number of carbonyl (C=O) groups is 1. The first-order valence-corrected chi connectivity index (χ1v) is 9.10. The van der Waals surface area contributed by atoms with E-state index in [1.807, 2.05) is 12.1 Å². The zero-order valence-electron chi connectivity index (χ0n) is 16.5. The summed E-state index contributed by atoms with van der Waals surface area (Å²) in [5.74, 6) is 0.880. The predicted octanol–water partition coefficient (Wildman–Crippen LogP) is 4.82. The van der Waals surface area contributed by atoms with Crippen LogP contribution in [0, 0.1) is 5.82 Å². The highest BCUT2D eigenvalue weighted by molar-refractivity contribution is 5.85. The Balaban J connectivity index is 0.00000392. The normalized spacial score (nSPS) is 11.3. The van der Waals surface area contributed by atoms with E-state index in [0.717, 1.165) is 24.9 Å². The van der Waals surface area contributed by atoms with Gasteiger partial charge in [-0.2, -0.15) is 0 Å². The van der Waals surface area contributed by atoms with Gasteiger partial charge in [0.1, 0.15) is 17.3 Å². The highest BCUT2D eigenvalue weighted by Gasteiger charge is 2.12. The Morgan fingerprint density at radius 3 is 2.25 bits per heavy atom. The topological polar surface area (TPSA) is 50.8 Å². The molecule has 0 fully saturated rings. The lowest BCUT2D eigenvalue weighted by Crippen LogP contribution is -2.25. The van der Waals surface area contributed by atoms with Gasteiger partial charge in [-0.25, -0.2) is 9.18 Å². The van der Waals surface area contributed by atoms with Gasteiger partial charge in [-0.3, -0.25) is 0 Å². The van der Waals surface area contributed by atoms with Crippen molar-refractivity contribution in [3.05, 3.63) is 59.9 Å². The molecule has 0 radical (unpaired) electrons. The molecule has 0 aliphatic heterocycles. The molecule has 154 valence electrons. The van der Waals surface area contributed by atoms with Gasteiger partial charge in [0.05, 0.1) is 6.61 Å². The SMILES string of the molecule is CCCNC(CCOc1ccc(F)cc1)c1ccc(OC(=O)N(C)C)cc1.Cl. The van der Waals surface area contributed by atoms with E-state index in [4.69, 9.17) is 9.47 Å². The standard InChI is InChI=1S/C21H27FN2O3.ClH/c1-4-14-23-20(13-15-26-18-11-7-17(22)8-12-18)16-5-9-19(10-6-16)27-21(25)24(2)3;/h5-12,20,23H,4,13-15H2,1-3H3;1H. The van der Waals surface area contributed by atoms with Crippen LogP contribution in [0.2, 0.25) is 0 Å². The van der Waals surface area contributed by atoms with Crippen LogP contribution in [0.5, 0.6) is 11.5 Å². The fourth-order valence-corrected chi connectivity index (χ4v) is 2.49. The van der Waals surface area contributed by atoms with Crippen molar-refractivity contribution in [2.24, 2.45) is 0 Å². The Bertz CT molecular complexity index is 709. The maximum Gasteiger partial charge on any atom is 0.414 e. The van der Waals surface area contributed by atoms with Gasteiger partial charge in [-0.15, -0.1) is 12.4 Å². The van der Waals surface area contributed by atoms with Gasteiger partial charge in [0.2, 0.25) is 0 Å². The van der Waals surface area contributed by atoms with Gasteiger partial charge < -0.3 is 19.7 Å². The number of nitrogens with zero attached hydrogens (tertiary/aromatic N) is 1. The maximum absolute atomic E-state index is 13.0. The average Bonchev–Trinajstić information content (AvgIpc) is 2.66. The third kappa shape index (κ3) is 7.74. The summed E-state index contributed by atoms with van der Waals surface area (Å²) in [6.45, 7) is 3.51. The molecule has 0 spiro atoms. The quantitative estimate of drug-likeness (QED) is 0.644. The predicted molar refractivity (Wildman–Crippen MR) is 111 cm³/mol. The van der Waals surface area contributed by atoms with Crippen molar-refractivity contribution in [1.82, 2.24) is 10.2 Å². The lowest BCUT2D eigenvalue weighted by Gasteiger charge is -2.20. The van der Waals surface area contributed by atoms with Gasteiger partial charge in [-0.1, -0.05) is 19.1 Å². The zero-order chi connectivity index (χ0) is 19.6. The second-order valence-corrected chi connectivity index (χ2v) is 6.43. The van der Waals surface area contributed by atoms with Crippen molar-refractivity contribution in [1.29, 1.82) is 0 Å². The summed E-state index contributed by atoms with van der Waals surface area (Å²) >= 11 is 0. The number of nitrogens with one attached hydrogen (secondary N) is 1. The minimum Gasteiger partial charge on any atom is -0.494 e. The second-order valence-electron chi connectivity index (χ2n) is 6.43. The van der Waals surface area contributed by atoms with Crippen LogP contribution in [0.1, 0.15) is 31.4 Å². The number of benzene rings is 2. The van der Waals surface area contributed by atoms with Crippen molar-refractivity contribution in [3.8, 4) is 11.5 Å². The molecule has 1 amide bonds. The number of rotatable bonds is 9. The van der Waals surface area contributed by atoms with Crippen molar-refractivity contribution in [2.45, 2.75) is 25.8 Å². The summed E-state index contributed by atoms with van der Waals surface area (Å²) in [4.78, 5) is 13.0. The van der Waals surface area contributed by atoms with Crippen LogP contribution in [-0.4, -0.2) is 38.2 Å². The van der Waals surface area contributed by atoms with E-state index in [2.05, 4.69) is 12.2 Å². The molecule has 0 saturated heterocycles. The Kier molecular flexibility index (Phi) is 10.3. The van der Waals surface area contributed by atoms with Crippen LogP contribution in [0.15, 0.2) is 48.5 Å². The molecule has 28 heavy (non-hydrogen) atoms. The molecule has 5 nitrogen and oxygen atoms in total. The summed E-state index contributed by atoms with van der Waals surface area (Å²) < 4.78 is 23.9. The van der Waals surface area contributed by atoms with E-state index >= 15 is 0 Å². The van der Waals surface area contributed by atoms with E-state index in [9.17, 15) is 9.18 Å². The number of halogens is 2. The molecular weight excluding hydrogens is 383 g/mol. The summed E-state index contributed by atoms with van der Waals surface area (Å²) in [5, 5.41) is 3.50. The third-order valence-electron chi connectivity index (χ3n) is 3.98. The van der Waals surface area contributed by atoms with Crippen LogP contribution in [0.3, 0.4) is 0 Å². The number of carbonyl (C=O) groups excluding carboxylic acids is 1. The summed E-state index contributed by atoms with van der Waals surface area (Å²) in [6, 6.07) is 13.6. The van der Waals surface area contributed by atoms with E-state index in [1.54, 1.807) is 38.4 Å².